The average Bonchev–Trinajstić information content (AvgIpc) is 3.31. The number of carbonyl (C=O) groups excluding carboxylic acids is 1. The fourth-order valence-electron chi connectivity index (χ4n) is 3.42. The summed E-state index contributed by atoms with van der Waals surface area (Å²) < 4.78 is 7.85. The van der Waals surface area contributed by atoms with Gasteiger partial charge in [-0.05, 0) is 36.5 Å². The molecule has 1 saturated heterocycles. The molecule has 1 atom stereocenters. The minimum absolute atomic E-state index is 0.0237. The van der Waals surface area contributed by atoms with Gasteiger partial charge in [0.2, 0.25) is 0 Å². The average molecular weight is 430 g/mol. The third kappa shape index (κ3) is 4.44. The molecule has 1 aliphatic rings. The summed E-state index contributed by atoms with van der Waals surface area (Å²) in [5.41, 5.74) is 1.01. The van der Waals surface area contributed by atoms with Crippen LogP contribution < -0.4 is 4.80 Å². The molecular formula is C22H24ClN3O2S. The standard InChI is InChI=1S/C22H24ClN3O2S/c1-22(2,3)18-13-26(12-16-7-5-9-28-16)21(29-18)25-20(27)17-11-15(23)10-14-6-4-8-24-19(14)17/h4,6,8,10-11,13,16H,5,7,9,12H2,1-3H3/b25-21-/t16-/m1/s1. The topological polar surface area (TPSA) is 56.5 Å². The molecule has 1 fully saturated rings. The van der Waals surface area contributed by atoms with Crippen LogP contribution >= 0.6 is 22.9 Å². The van der Waals surface area contributed by atoms with Gasteiger partial charge in [0, 0.05) is 34.3 Å². The van der Waals surface area contributed by atoms with E-state index in [9.17, 15) is 4.79 Å². The summed E-state index contributed by atoms with van der Waals surface area (Å²) in [6.45, 7) is 7.99. The minimum atomic E-state index is -0.334. The van der Waals surface area contributed by atoms with Gasteiger partial charge >= 0.3 is 0 Å². The first kappa shape index (κ1) is 20.3. The van der Waals surface area contributed by atoms with Crippen molar-refractivity contribution in [3.05, 3.63) is 56.9 Å². The number of benzene rings is 1. The van der Waals surface area contributed by atoms with E-state index in [1.165, 1.54) is 4.88 Å². The lowest BCUT2D eigenvalue weighted by molar-refractivity contribution is 0.0949. The molecule has 29 heavy (non-hydrogen) atoms. The Kier molecular flexibility index (Phi) is 5.60. The molecule has 1 amide bonds. The highest BCUT2D eigenvalue weighted by Crippen LogP contribution is 2.26. The largest absolute Gasteiger partial charge is 0.376 e. The van der Waals surface area contributed by atoms with Gasteiger partial charge in [0.15, 0.2) is 4.80 Å². The van der Waals surface area contributed by atoms with Gasteiger partial charge in [-0.2, -0.15) is 4.99 Å². The summed E-state index contributed by atoms with van der Waals surface area (Å²) in [4.78, 5) is 23.8. The van der Waals surface area contributed by atoms with Gasteiger partial charge in [-0.1, -0.05) is 38.4 Å². The van der Waals surface area contributed by atoms with Gasteiger partial charge in [-0.25, -0.2) is 0 Å². The smallest absolute Gasteiger partial charge is 0.281 e. The molecule has 152 valence electrons. The minimum Gasteiger partial charge on any atom is -0.376 e. The Morgan fingerprint density at radius 2 is 2.24 bits per heavy atom. The Morgan fingerprint density at radius 3 is 2.97 bits per heavy atom. The highest BCUT2D eigenvalue weighted by molar-refractivity contribution is 7.09. The summed E-state index contributed by atoms with van der Waals surface area (Å²) in [5, 5.41) is 1.32. The predicted octanol–water partition coefficient (Wildman–Crippen LogP) is 4.97. The summed E-state index contributed by atoms with van der Waals surface area (Å²) in [5.74, 6) is -0.334. The van der Waals surface area contributed by atoms with Crippen LogP contribution in [0.3, 0.4) is 0 Å². The van der Waals surface area contributed by atoms with Gasteiger partial charge in [0.05, 0.1) is 23.7 Å². The van der Waals surface area contributed by atoms with Crippen molar-refractivity contribution in [2.75, 3.05) is 6.61 Å². The van der Waals surface area contributed by atoms with E-state index in [0.29, 0.717) is 27.4 Å². The molecule has 1 aromatic carbocycles. The fourth-order valence-corrected chi connectivity index (χ4v) is 4.70. The summed E-state index contributed by atoms with van der Waals surface area (Å²) in [6, 6.07) is 7.17. The molecule has 0 aliphatic carbocycles. The van der Waals surface area contributed by atoms with E-state index in [1.807, 2.05) is 12.1 Å². The fraction of sp³-hybridized carbons (Fsp3) is 0.409. The monoisotopic (exact) mass is 429 g/mol. The number of hydrogen-bond donors (Lipinski definition) is 0. The first-order chi connectivity index (χ1) is 13.8. The van der Waals surface area contributed by atoms with Crippen LogP contribution in [-0.4, -0.2) is 28.2 Å². The van der Waals surface area contributed by atoms with E-state index in [-0.39, 0.29) is 17.4 Å². The van der Waals surface area contributed by atoms with Crippen LogP contribution in [0.5, 0.6) is 0 Å². The van der Waals surface area contributed by atoms with Crippen molar-refractivity contribution in [3.8, 4) is 0 Å². The molecule has 7 heteroatoms. The van der Waals surface area contributed by atoms with Crippen molar-refractivity contribution in [2.45, 2.75) is 51.7 Å². The second-order valence-electron chi connectivity index (χ2n) is 8.36. The van der Waals surface area contributed by atoms with Gasteiger partial charge in [0.1, 0.15) is 0 Å². The summed E-state index contributed by atoms with van der Waals surface area (Å²) in [7, 11) is 0. The summed E-state index contributed by atoms with van der Waals surface area (Å²) >= 11 is 7.79. The number of aromatic nitrogens is 2. The van der Waals surface area contributed by atoms with E-state index >= 15 is 0 Å². The van der Waals surface area contributed by atoms with E-state index < -0.39 is 0 Å². The summed E-state index contributed by atoms with van der Waals surface area (Å²) in [6.07, 6.45) is 6.05. The van der Waals surface area contributed by atoms with Crippen LogP contribution in [0.1, 0.15) is 48.8 Å². The zero-order chi connectivity index (χ0) is 20.6. The van der Waals surface area contributed by atoms with Gasteiger partial charge < -0.3 is 9.30 Å². The van der Waals surface area contributed by atoms with E-state index in [1.54, 1.807) is 29.7 Å². The van der Waals surface area contributed by atoms with E-state index in [2.05, 4.69) is 41.5 Å². The second-order valence-corrected chi connectivity index (χ2v) is 9.81. The maximum Gasteiger partial charge on any atom is 0.281 e. The van der Waals surface area contributed by atoms with Crippen LogP contribution in [0.15, 0.2) is 41.7 Å². The van der Waals surface area contributed by atoms with Gasteiger partial charge in [0.25, 0.3) is 5.91 Å². The highest BCUT2D eigenvalue weighted by atomic mass is 35.5. The van der Waals surface area contributed by atoms with Crippen LogP contribution in [-0.2, 0) is 16.7 Å². The molecule has 3 heterocycles. The van der Waals surface area contributed by atoms with Crippen molar-refractivity contribution >= 4 is 39.7 Å². The first-order valence-electron chi connectivity index (χ1n) is 9.77. The van der Waals surface area contributed by atoms with E-state index in [0.717, 1.165) is 24.8 Å². The molecule has 0 N–H and O–H groups in total. The third-order valence-electron chi connectivity index (χ3n) is 4.98. The number of hydrogen-bond acceptors (Lipinski definition) is 4. The molecule has 0 bridgehead atoms. The van der Waals surface area contributed by atoms with Crippen LogP contribution in [0.4, 0.5) is 0 Å². The Bertz CT molecular complexity index is 1120. The number of ether oxygens (including phenoxy) is 1. The number of nitrogens with zero attached hydrogens (tertiary/aromatic N) is 3. The van der Waals surface area contributed by atoms with Crippen molar-refractivity contribution in [1.29, 1.82) is 0 Å². The molecule has 0 saturated carbocycles. The lowest BCUT2D eigenvalue weighted by atomic mass is 9.95. The number of amides is 1. The molecular weight excluding hydrogens is 406 g/mol. The third-order valence-corrected chi connectivity index (χ3v) is 6.65. The van der Waals surface area contributed by atoms with E-state index in [4.69, 9.17) is 16.3 Å². The van der Waals surface area contributed by atoms with Crippen molar-refractivity contribution < 1.29 is 9.53 Å². The molecule has 2 aromatic heterocycles. The van der Waals surface area contributed by atoms with Crippen LogP contribution in [0, 0.1) is 0 Å². The predicted molar refractivity (Wildman–Crippen MR) is 117 cm³/mol. The Hall–Kier alpha value is -2.02. The molecule has 0 unspecified atom stereocenters. The van der Waals surface area contributed by atoms with Crippen molar-refractivity contribution in [3.63, 3.8) is 0 Å². The molecule has 1 aliphatic heterocycles. The lowest BCUT2D eigenvalue weighted by Crippen LogP contribution is -2.23. The zero-order valence-electron chi connectivity index (χ0n) is 16.8. The Labute approximate surface area is 179 Å². The normalized spacial score (nSPS) is 17.9. The lowest BCUT2D eigenvalue weighted by Gasteiger charge is -2.15. The highest BCUT2D eigenvalue weighted by Gasteiger charge is 2.22. The second kappa shape index (κ2) is 8.01. The van der Waals surface area contributed by atoms with Gasteiger partial charge in [-0.3, -0.25) is 9.78 Å². The SMILES string of the molecule is CC(C)(C)c1cn(C[C@H]2CCCO2)/c(=N/C(=O)c2cc(Cl)cc3cccnc23)s1. The quantitative estimate of drug-likeness (QED) is 0.590. The maximum atomic E-state index is 13.1. The van der Waals surface area contributed by atoms with Crippen LogP contribution in [0.2, 0.25) is 5.02 Å². The zero-order valence-corrected chi connectivity index (χ0v) is 18.4. The number of thiazole rings is 1. The maximum absolute atomic E-state index is 13.1. The molecule has 3 aromatic rings. The molecule has 0 spiro atoms. The van der Waals surface area contributed by atoms with Crippen molar-refractivity contribution in [2.24, 2.45) is 4.99 Å². The number of fused-ring (bicyclic) bond motifs is 1. The Balaban J connectivity index is 1.79. The molecule has 4 rings (SSSR count). The molecule has 0 radical (unpaired) electrons. The number of halogens is 1. The van der Waals surface area contributed by atoms with Crippen LogP contribution in [0.25, 0.3) is 10.9 Å². The molecule has 5 nitrogen and oxygen atoms in total. The Morgan fingerprint density at radius 1 is 1.41 bits per heavy atom. The van der Waals surface area contributed by atoms with Gasteiger partial charge in [-0.15, -0.1) is 11.3 Å². The number of rotatable bonds is 3. The van der Waals surface area contributed by atoms with Crippen molar-refractivity contribution in [1.82, 2.24) is 9.55 Å². The number of carbonyl (C=O) groups is 1. The number of pyridine rings is 1. The first-order valence-corrected chi connectivity index (χ1v) is 11.0.